The lowest BCUT2D eigenvalue weighted by Crippen LogP contribution is -2.54. The van der Waals surface area contributed by atoms with Gasteiger partial charge in [0.15, 0.2) is 0 Å². The molecule has 0 amide bonds. The molecule has 8 aliphatic carbocycles. The molecule has 1 atom stereocenters. The van der Waals surface area contributed by atoms with E-state index in [1.807, 2.05) is 0 Å². The second-order valence-corrected chi connectivity index (χ2v) is 15.0. The molecule has 3 heteroatoms. The molecule has 3 nitrogen and oxygen atoms in total. The molecule has 1 aliphatic heterocycles. The largest absolute Gasteiger partial charge is 0.365 e. The highest BCUT2D eigenvalue weighted by Crippen LogP contribution is 2.64. The van der Waals surface area contributed by atoms with Crippen molar-refractivity contribution in [1.29, 1.82) is 0 Å². The molecule has 0 saturated heterocycles. The standard InChI is InChI=1S/C33H49N3/c1-20(2)30(32-14-22-8-23(15-32)10-24(9-22)16-32)35-28-6-5-7-29(34-28)36-31(21(3)4)33-17-25-11-26(18-33)13-27(12-25)19-33/h5-7,22-28,34-36H,8-19H2,1-4H3. The van der Waals surface area contributed by atoms with Crippen molar-refractivity contribution in [1.82, 2.24) is 16.0 Å². The minimum atomic E-state index is 0.158. The molecule has 3 N–H and O–H groups in total. The molecule has 36 heavy (non-hydrogen) atoms. The van der Waals surface area contributed by atoms with E-state index < -0.39 is 0 Å². The fourth-order valence-electron chi connectivity index (χ4n) is 11.4. The summed E-state index contributed by atoms with van der Waals surface area (Å²) in [5, 5.41) is 11.9. The van der Waals surface area contributed by atoms with Crippen LogP contribution < -0.4 is 16.0 Å². The summed E-state index contributed by atoms with van der Waals surface area (Å²) >= 11 is 0. The summed E-state index contributed by atoms with van der Waals surface area (Å²) in [5.74, 6) is 7.00. The van der Waals surface area contributed by atoms with Crippen LogP contribution in [-0.4, -0.2) is 6.17 Å². The van der Waals surface area contributed by atoms with Crippen LogP contribution in [0.3, 0.4) is 0 Å². The van der Waals surface area contributed by atoms with Gasteiger partial charge in [-0.3, -0.25) is 0 Å². The lowest BCUT2D eigenvalue weighted by molar-refractivity contribution is -0.0352. The SMILES string of the molecule is CC(C)=C(NC1=CC=CC(NC(=C(C)C)C23CC4CC(CC(C4)C2)C3)N1)C12CC3CC(CC(C3)C1)C2. The summed E-state index contributed by atoms with van der Waals surface area (Å²) < 4.78 is 0. The van der Waals surface area contributed by atoms with E-state index in [1.165, 1.54) is 99.7 Å². The van der Waals surface area contributed by atoms with Crippen molar-refractivity contribution in [2.24, 2.45) is 46.3 Å². The Bertz CT molecular complexity index is 961. The van der Waals surface area contributed by atoms with E-state index in [-0.39, 0.29) is 6.17 Å². The first-order valence-electron chi connectivity index (χ1n) is 15.3. The number of rotatable bonds is 6. The Morgan fingerprint density at radius 2 is 1.08 bits per heavy atom. The van der Waals surface area contributed by atoms with Crippen LogP contribution >= 0.6 is 0 Å². The third-order valence-corrected chi connectivity index (χ3v) is 11.6. The monoisotopic (exact) mass is 487 g/mol. The fraction of sp³-hybridized carbons (Fsp3) is 0.758. The zero-order valence-electron chi connectivity index (χ0n) is 23.3. The first kappa shape index (κ1) is 23.5. The quantitative estimate of drug-likeness (QED) is 0.363. The number of nitrogens with one attached hydrogen (secondary N) is 3. The Morgan fingerprint density at radius 1 is 0.667 bits per heavy atom. The molecule has 0 radical (unpaired) electrons. The second kappa shape index (κ2) is 8.43. The zero-order chi connectivity index (χ0) is 24.7. The highest BCUT2D eigenvalue weighted by molar-refractivity contribution is 5.31. The first-order valence-corrected chi connectivity index (χ1v) is 15.3. The Balaban J connectivity index is 1.08. The molecule has 1 heterocycles. The van der Waals surface area contributed by atoms with Crippen LogP contribution in [0.5, 0.6) is 0 Å². The molecule has 8 fully saturated rings. The van der Waals surface area contributed by atoms with Gasteiger partial charge in [0.1, 0.15) is 12.0 Å². The summed E-state index contributed by atoms with van der Waals surface area (Å²) in [6, 6.07) is 0. The average molecular weight is 488 g/mol. The minimum absolute atomic E-state index is 0.158. The lowest BCUT2D eigenvalue weighted by atomic mass is 9.48. The Morgan fingerprint density at radius 3 is 1.50 bits per heavy atom. The Hall–Kier alpha value is -1.64. The molecule has 0 spiro atoms. The maximum absolute atomic E-state index is 4.07. The molecule has 0 aromatic carbocycles. The van der Waals surface area contributed by atoms with Crippen molar-refractivity contribution in [2.75, 3.05) is 0 Å². The van der Waals surface area contributed by atoms with Crippen molar-refractivity contribution in [3.8, 4) is 0 Å². The van der Waals surface area contributed by atoms with Gasteiger partial charge in [-0.25, -0.2) is 0 Å². The molecule has 0 aromatic rings. The lowest BCUT2D eigenvalue weighted by Gasteiger charge is -2.58. The van der Waals surface area contributed by atoms with Crippen LogP contribution in [-0.2, 0) is 0 Å². The van der Waals surface area contributed by atoms with Crippen molar-refractivity contribution in [2.45, 2.75) is 111 Å². The predicted molar refractivity (Wildman–Crippen MR) is 148 cm³/mol. The molecular weight excluding hydrogens is 438 g/mol. The van der Waals surface area contributed by atoms with Crippen LogP contribution in [0.2, 0.25) is 0 Å². The number of hydrogen-bond acceptors (Lipinski definition) is 3. The smallest absolute Gasteiger partial charge is 0.117 e. The number of allylic oxidation sites excluding steroid dienone is 6. The summed E-state index contributed by atoms with van der Waals surface area (Å²) in [5.41, 5.74) is 6.88. The van der Waals surface area contributed by atoms with Gasteiger partial charge >= 0.3 is 0 Å². The van der Waals surface area contributed by atoms with E-state index in [1.54, 1.807) is 5.70 Å². The summed E-state index contributed by atoms with van der Waals surface area (Å²) in [6.45, 7) is 9.36. The van der Waals surface area contributed by atoms with Crippen LogP contribution in [0.4, 0.5) is 0 Å². The van der Waals surface area contributed by atoms with E-state index >= 15 is 0 Å². The average Bonchev–Trinajstić information content (AvgIpc) is 2.79. The summed E-state index contributed by atoms with van der Waals surface area (Å²) in [4.78, 5) is 0. The number of dihydropyridines is 1. The van der Waals surface area contributed by atoms with Gasteiger partial charge in [0.2, 0.25) is 0 Å². The fourth-order valence-corrected chi connectivity index (χ4v) is 11.4. The highest BCUT2D eigenvalue weighted by atomic mass is 15.2. The Kier molecular flexibility index (Phi) is 5.50. The molecule has 196 valence electrons. The van der Waals surface area contributed by atoms with Gasteiger partial charge in [0, 0.05) is 22.2 Å². The molecule has 1 unspecified atom stereocenters. The molecular formula is C33H49N3. The van der Waals surface area contributed by atoms with Gasteiger partial charge in [0.05, 0.1) is 0 Å². The third kappa shape index (κ3) is 3.90. The van der Waals surface area contributed by atoms with Gasteiger partial charge in [-0.05, 0) is 152 Å². The second-order valence-electron chi connectivity index (χ2n) is 15.0. The third-order valence-electron chi connectivity index (χ3n) is 11.6. The van der Waals surface area contributed by atoms with Crippen molar-refractivity contribution < 1.29 is 0 Å². The zero-order valence-corrected chi connectivity index (χ0v) is 23.3. The molecule has 0 aromatic heterocycles. The normalized spacial score (nSPS) is 45.2. The van der Waals surface area contributed by atoms with Gasteiger partial charge in [0.25, 0.3) is 0 Å². The van der Waals surface area contributed by atoms with E-state index in [0.717, 1.165) is 35.5 Å². The van der Waals surface area contributed by atoms with Crippen LogP contribution in [0.25, 0.3) is 0 Å². The summed E-state index contributed by atoms with van der Waals surface area (Å²) in [6.07, 6.45) is 24.5. The van der Waals surface area contributed by atoms with E-state index in [4.69, 9.17) is 0 Å². The van der Waals surface area contributed by atoms with Crippen LogP contribution in [0.1, 0.15) is 105 Å². The topological polar surface area (TPSA) is 36.1 Å². The van der Waals surface area contributed by atoms with Gasteiger partial charge in [-0.2, -0.15) is 0 Å². The van der Waals surface area contributed by atoms with Gasteiger partial charge < -0.3 is 16.0 Å². The maximum Gasteiger partial charge on any atom is 0.117 e. The maximum atomic E-state index is 4.07. The van der Waals surface area contributed by atoms with Crippen molar-refractivity contribution in [3.05, 3.63) is 46.6 Å². The predicted octanol–water partition coefficient (Wildman–Crippen LogP) is 7.51. The highest BCUT2D eigenvalue weighted by Gasteiger charge is 2.54. The van der Waals surface area contributed by atoms with E-state index in [0.29, 0.717) is 10.8 Å². The summed E-state index contributed by atoms with van der Waals surface area (Å²) in [7, 11) is 0. The number of hydrogen-bond donors (Lipinski definition) is 3. The molecule has 8 bridgehead atoms. The van der Waals surface area contributed by atoms with Crippen LogP contribution in [0, 0.1) is 46.3 Å². The van der Waals surface area contributed by atoms with Gasteiger partial charge in [-0.1, -0.05) is 17.2 Å². The van der Waals surface area contributed by atoms with Crippen molar-refractivity contribution >= 4 is 0 Å². The van der Waals surface area contributed by atoms with E-state index in [2.05, 4.69) is 61.9 Å². The van der Waals surface area contributed by atoms with E-state index in [9.17, 15) is 0 Å². The molecule has 9 aliphatic rings. The van der Waals surface area contributed by atoms with Crippen molar-refractivity contribution in [3.63, 3.8) is 0 Å². The molecule has 8 saturated carbocycles. The van der Waals surface area contributed by atoms with Crippen LogP contribution in [0.15, 0.2) is 46.6 Å². The Labute approximate surface area is 219 Å². The molecule has 9 rings (SSSR count). The van der Waals surface area contributed by atoms with Gasteiger partial charge in [-0.15, -0.1) is 0 Å². The first-order chi connectivity index (χ1) is 17.3. The minimum Gasteiger partial charge on any atom is -0.365 e.